The standard InChI is InChI=1S/C16H25N3/c1-3-4-5-6-9-13(17)12-16-18-14-10-7-8-11-15(14)19(16)2/h7-8,10-11,13H,3-6,9,12,17H2,1-2H3. The number of imidazole rings is 1. The van der Waals surface area contributed by atoms with E-state index in [0.29, 0.717) is 0 Å². The van der Waals surface area contributed by atoms with Gasteiger partial charge in [-0.25, -0.2) is 4.98 Å². The molecule has 0 fully saturated rings. The normalized spacial score (nSPS) is 13.0. The van der Waals surface area contributed by atoms with Crippen molar-refractivity contribution in [2.45, 2.75) is 51.5 Å². The topological polar surface area (TPSA) is 43.8 Å². The van der Waals surface area contributed by atoms with Gasteiger partial charge in [0, 0.05) is 19.5 Å². The molecule has 104 valence electrons. The Balaban J connectivity index is 1.95. The third-order valence-corrected chi connectivity index (χ3v) is 3.75. The highest BCUT2D eigenvalue weighted by Gasteiger charge is 2.11. The van der Waals surface area contributed by atoms with Gasteiger partial charge in [0.25, 0.3) is 0 Å². The summed E-state index contributed by atoms with van der Waals surface area (Å²) in [5.74, 6) is 1.10. The van der Waals surface area contributed by atoms with Crippen molar-refractivity contribution in [3.63, 3.8) is 0 Å². The van der Waals surface area contributed by atoms with Crippen LogP contribution in [0.15, 0.2) is 24.3 Å². The zero-order valence-electron chi connectivity index (χ0n) is 12.1. The molecule has 3 nitrogen and oxygen atoms in total. The maximum atomic E-state index is 6.23. The molecule has 0 amide bonds. The number of hydrogen-bond acceptors (Lipinski definition) is 2. The van der Waals surface area contributed by atoms with E-state index in [2.05, 4.69) is 41.7 Å². The minimum Gasteiger partial charge on any atom is -0.331 e. The van der Waals surface area contributed by atoms with Gasteiger partial charge in [0.15, 0.2) is 0 Å². The molecule has 2 aromatic rings. The smallest absolute Gasteiger partial charge is 0.111 e. The average molecular weight is 259 g/mol. The van der Waals surface area contributed by atoms with E-state index in [1.54, 1.807) is 0 Å². The third kappa shape index (κ3) is 3.57. The van der Waals surface area contributed by atoms with Crippen LogP contribution in [0, 0.1) is 0 Å². The molecule has 1 aromatic carbocycles. The highest BCUT2D eigenvalue weighted by Crippen LogP contribution is 2.16. The molecule has 1 heterocycles. The Bertz CT molecular complexity index is 516. The van der Waals surface area contributed by atoms with Crippen LogP contribution in [0.4, 0.5) is 0 Å². The molecule has 19 heavy (non-hydrogen) atoms. The molecule has 2 rings (SSSR count). The van der Waals surface area contributed by atoms with Crippen molar-refractivity contribution in [2.24, 2.45) is 12.8 Å². The van der Waals surface area contributed by atoms with Gasteiger partial charge >= 0.3 is 0 Å². The van der Waals surface area contributed by atoms with Gasteiger partial charge in [0.2, 0.25) is 0 Å². The van der Waals surface area contributed by atoms with Gasteiger partial charge in [-0.1, -0.05) is 44.7 Å². The van der Waals surface area contributed by atoms with Crippen LogP contribution in [-0.2, 0) is 13.5 Å². The van der Waals surface area contributed by atoms with E-state index < -0.39 is 0 Å². The van der Waals surface area contributed by atoms with Crippen LogP contribution in [0.25, 0.3) is 11.0 Å². The van der Waals surface area contributed by atoms with E-state index in [1.807, 2.05) is 6.07 Å². The Morgan fingerprint density at radius 1 is 1.21 bits per heavy atom. The third-order valence-electron chi connectivity index (χ3n) is 3.75. The van der Waals surface area contributed by atoms with Crippen LogP contribution in [0.1, 0.15) is 44.9 Å². The molecule has 0 aliphatic heterocycles. The Morgan fingerprint density at radius 2 is 2.00 bits per heavy atom. The van der Waals surface area contributed by atoms with E-state index in [1.165, 1.54) is 31.2 Å². The fraction of sp³-hybridized carbons (Fsp3) is 0.562. The van der Waals surface area contributed by atoms with Gasteiger partial charge in [0.1, 0.15) is 5.82 Å². The first-order chi connectivity index (χ1) is 9.22. The molecule has 1 atom stereocenters. The van der Waals surface area contributed by atoms with Gasteiger partial charge < -0.3 is 10.3 Å². The lowest BCUT2D eigenvalue weighted by molar-refractivity contribution is 0.533. The number of rotatable bonds is 7. The van der Waals surface area contributed by atoms with Crippen molar-refractivity contribution in [2.75, 3.05) is 0 Å². The number of aromatic nitrogens is 2. The molecule has 0 bridgehead atoms. The summed E-state index contributed by atoms with van der Waals surface area (Å²) in [7, 11) is 2.08. The second-order valence-electron chi connectivity index (χ2n) is 5.39. The molecule has 0 aliphatic rings. The minimum atomic E-state index is 0.229. The van der Waals surface area contributed by atoms with E-state index in [-0.39, 0.29) is 6.04 Å². The van der Waals surface area contributed by atoms with Crippen molar-refractivity contribution in [1.29, 1.82) is 0 Å². The highest BCUT2D eigenvalue weighted by molar-refractivity contribution is 5.75. The average Bonchev–Trinajstić information content (AvgIpc) is 2.72. The van der Waals surface area contributed by atoms with Crippen LogP contribution in [0.2, 0.25) is 0 Å². The summed E-state index contributed by atoms with van der Waals surface area (Å²) in [5.41, 5.74) is 8.48. The molecule has 0 spiro atoms. The van der Waals surface area contributed by atoms with E-state index >= 15 is 0 Å². The summed E-state index contributed by atoms with van der Waals surface area (Å²) in [6, 6.07) is 8.49. The van der Waals surface area contributed by atoms with Crippen LogP contribution in [0.3, 0.4) is 0 Å². The first-order valence-corrected chi connectivity index (χ1v) is 7.38. The molecule has 1 aromatic heterocycles. The van der Waals surface area contributed by atoms with E-state index in [4.69, 9.17) is 5.73 Å². The Kier molecular flexibility index (Phi) is 4.97. The molecule has 0 aliphatic carbocycles. The summed E-state index contributed by atoms with van der Waals surface area (Å²) in [6.45, 7) is 2.24. The number of aryl methyl sites for hydroxylation is 1. The predicted octanol–water partition coefficient (Wildman–Crippen LogP) is 3.41. The molecule has 3 heteroatoms. The second kappa shape index (κ2) is 6.71. The molecular weight excluding hydrogens is 234 g/mol. The molecule has 0 saturated carbocycles. The largest absolute Gasteiger partial charge is 0.331 e. The Labute approximate surface area is 115 Å². The maximum Gasteiger partial charge on any atom is 0.111 e. The predicted molar refractivity (Wildman–Crippen MR) is 81.2 cm³/mol. The van der Waals surface area contributed by atoms with Crippen molar-refractivity contribution < 1.29 is 0 Å². The SMILES string of the molecule is CCCCCCC(N)Cc1nc2ccccc2n1C. The number of benzene rings is 1. The lowest BCUT2D eigenvalue weighted by Crippen LogP contribution is -2.24. The number of hydrogen-bond donors (Lipinski definition) is 1. The molecule has 0 saturated heterocycles. The van der Waals surface area contributed by atoms with Crippen molar-refractivity contribution in [1.82, 2.24) is 9.55 Å². The van der Waals surface area contributed by atoms with Gasteiger partial charge in [-0.05, 0) is 18.6 Å². The van der Waals surface area contributed by atoms with E-state index in [0.717, 1.165) is 24.2 Å². The second-order valence-corrected chi connectivity index (χ2v) is 5.39. The lowest BCUT2D eigenvalue weighted by atomic mass is 10.1. The van der Waals surface area contributed by atoms with Crippen LogP contribution in [-0.4, -0.2) is 15.6 Å². The zero-order valence-corrected chi connectivity index (χ0v) is 12.1. The molecule has 1 unspecified atom stereocenters. The summed E-state index contributed by atoms with van der Waals surface area (Å²) in [5, 5.41) is 0. The number of fused-ring (bicyclic) bond motifs is 1. The summed E-state index contributed by atoms with van der Waals surface area (Å²) in [6.07, 6.45) is 7.10. The first kappa shape index (κ1) is 14.1. The monoisotopic (exact) mass is 259 g/mol. The minimum absolute atomic E-state index is 0.229. The quantitative estimate of drug-likeness (QED) is 0.774. The fourth-order valence-corrected chi connectivity index (χ4v) is 2.55. The van der Waals surface area contributed by atoms with Crippen LogP contribution in [0.5, 0.6) is 0 Å². The van der Waals surface area contributed by atoms with Crippen LogP contribution >= 0.6 is 0 Å². The molecular formula is C16H25N3. The van der Waals surface area contributed by atoms with Crippen molar-refractivity contribution in [3.05, 3.63) is 30.1 Å². The molecule has 0 radical (unpaired) electrons. The van der Waals surface area contributed by atoms with Gasteiger partial charge in [-0.15, -0.1) is 0 Å². The lowest BCUT2D eigenvalue weighted by Gasteiger charge is -2.11. The van der Waals surface area contributed by atoms with Gasteiger partial charge in [-0.2, -0.15) is 0 Å². The summed E-state index contributed by atoms with van der Waals surface area (Å²) >= 11 is 0. The van der Waals surface area contributed by atoms with Crippen LogP contribution < -0.4 is 5.73 Å². The summed E-state index contributed by atoms with van der Waals surface area (Å²) < 4.78 is 2.17. The Morgan fingerprint density at radius 3 is 2.74 bits per heavy atom. The number of nitrogens with two attached hydrogens (primary N) is 1. The van der Waals surface area contributed by atoms with E-state index in [9.17, 15) is 0 Å². The number of unbranched alkanes of at least 4 members (excludes halogenated alkanes) is 3. The Hall–Kier alpha value is -1.35. The summed E-state index contributed by atoms with van der Waals surface area (Å²) in [4.78, 5) is 4.68. The number of para-hydroxylation sites is 2. The maximum absolute atomic E-state index is 6.23. The number of nitrogens with zero attached hydrogens (tertiary/aromatic N) is 2. The van der Waals surface area contributed by atoms with Gasteiger partial charge in [0.05, 0.1) is 11.0 Å². The van der Waals surface area contributed by atoms with Crippen molar-refractivity contribution in [3.8, 4) is 0 Å². The van der Waals surface area contributed by atoms with Gasteiger partial charge in [-0.3, -0.25) is 0 Å². The highest BCUT2D eigenvalue weighted by atomic mass is 15.1. The molecule has 2 N–H and O–H groups in total. The van der Waals surface area contributed by atoms with Crippen molar-refractivity contribution >= 4 is 11.0 Å². The zero-order chi connectivity index (χ0) is 13.7. The first-order valence-electron chi connectivity index (χ1n) is 7.38. The fourth-order valence-electron chi connectivity index (χ4n) is 2.55.